The standard InChI is InChI=1S/C18H18N2O6/c21-16-6-4-12(10-14(16)19(23)24)18(8-2-1-3-9-18)13-5-7-17(22)15(11-13)20(25)26/h4-7,10-11,21-22H,1-3,8-9H2. The van der Waals surface area contributed by atoms with Gasteiger partial charge in [0.15, 0.2) is 11.5 Å². The number of phenolic OH excluding ortho intramolecular Hbond substituents is 2. The summed E-state index contributed by atoms with van der Waals surface area (Å²) in [5.41, 5.74) is -0.125. The smallest absolute Gasteiger partial charge is 0.310 e. The van der Waals surface area contributed by atoms with Crippen molar-refractivity contribution in [3.8, 4) is 11.5 Å². The first kappa shape index (κ1) is 17.7. The molecule has 2 aromatic carbocycles. The van der Waals surface area contributed by atoms with Crippen LogP contribution in [-0.2, 0) is 5.41 Å². The minimum absolute atomic E-state index is 0.388. The van der Waals surface area contributed by atoms with Gasteiger partial charge in [0, 0.05) is 17.5 Å². The van der Waals surface area contributed by atoms with Gasteiger partial charge in [0.2, 0.25) is 0 Å². The molecule has 1 fully saturated rings. The van der Waals surface area contributed by atoms with Gasteiger partial charge in [-0.3, -0.25) is 20.2 Å². The summed E-state index contributed by atoms with van der Waals surface area (Å²) in [6, 6.07) is 8.54. The number of rotatable bonds is 4. The van der Waals surface area contributed by atoms with Gasteiger partial charge >= 0.3 is 11.4 Å². The Morgan fingerprint density at radius 1 is 0.769 bits per heavy atom. The quantitative estimate of drug-likeness (QED) is 0.624. The molecule has 2 N–H and O–H groups in total. The van der Waals surface area contributed by atoms with E-state index in [1.165, 1.54) is 24.3 Å². The van der Waals surface area contributed by atoms with Gasteiger partial charge in [0.05, 0.1) is 9.85 Å². The number of hydrogen-bond acceptors (Lipinski definition) is 6. The number of phenols is 2. The molecule has 0 atom stereocenters. The minimum atomic E-state index is -0.644. The number of benzene rings is 2. The van der Waals surface area contributed by atoms with Crippen LogP contribution in [0.3, 0.4) is 0 Å². The largest absolute Gasteiger partial charge is 0.502 e. The molecule has 2 aromatic rings. The lowest BCUT2D eigenvalue weighted by Crippen LogP contribution is -2.30. The van der Waals surface area contributed by atoms with Crippen molar-refractivity contribution in [2.45, 2.75) is 37.5 Å². The highest BCUT2D eigenvalue weighted by atomic mass is 16.6. The zero-order chi connectivity index (χ0) is 18.9. The predicted molar refractivity (Wildman–Crippen MR) is 93.4 cm³/mol. The van der Waals surface area contributed by atoms with Gasteiger partial charge in [-0.1, -0.05) is 31.4 Å². The van der Waals surface area contributed by atoms with E-state index in [0.717, 1.165) is 19.3 Å². The van der Waals surface area contributed by atoms with E-state index < -0.39 is 26.8 Å². The van der Waals surface area contributed by atoms with Crippen LogP contribution in [0.2, 0.25) is 0 Å². The lowest BCUT2D eigenvalue weighted by atomic mass is 9.65. The van der Waals surface area contributed by atoms with Crippen molar-refractivity contribution >= 4 is 11.4 Å². The van der Waals surface area contributed by atoms with Crippen molar-refractivity contribution in [1.82, 2.24) is 0 Å². The summed E-state index contributed by atoms with van der Waals surface area (Å²) in [7, 11) is 0. The number of aromatic hydroxyl groups is 2. The molecule has 1 aliphatic rings. The molecular formula is C18H18N2O6. The fraction of sp³-hybridized carbons (Fsp3) is 0.333. The molecule has 0 radical (unpaired) electrons. The number of hydrogen-bond donors (Lipinski definition) is 2. The van der Waals surface area contributed by atoms with Crippen LogP contribution in [0, 0.1) is 20.2 Å². The van der Waals surface area contributed by atoms with Crippen molar-refractivity contribution in [2.75, 3.05) is 0 Å². The lowest BCUT2D eigenvalue weighted by molar-refractivity contribution is -0.386. The second-order valence-corrected chi connectivity index (χ2v) is 6.56. The van der Waals surface area contributed by atoms with Gasteiger partial charge < -0.3 is 10.2 Å². The molecule has 8 nitrogen and oxygen atoms in total. The Morgan fingerprint density at radius 2 is 1.19 bits per heavy atom. The predicted octanol–water partition coefficient (Wildman–Crippen LogP) is 4.16. The minimum Gasteiger partial charge on any atom is -0.502 e. The lowest BCUT2D eigenvalue weighted by Gasteiger charge is -2.38. The van der Waals surface area contributed by atoms with Crippen molar-refractivity contribution in [3.63, 3.8) is 0 Å². The van der Waals surface area contributed by atoms with Gasteiger partial charge in [-0.15, -0.1) is 0 Å². The second kappa shape index (κ2) is 6.62. The van der Waals surface area contributed by atoms with E-state index >= 15 is 0 Å². The molecule has 0 amide bonds. The van der Waals surface area contributed by atoms with Gasteiger partial charge in [-0.25, -0.2) is 0 Å². The highest BCUT2D eigenvalue weighted by Crippen LogP contribution is 2.48. The zero-order valence-electron chi connectivity index (χ0n) is 13.9. The molecule has 1 aliphatic carbocycles. The summed E-state index contributed by atoms with van der Waals surface area (Å²) < 4.78 is 0. The molecule has 0 bridgehead atoms. The molecule has 0 heterocycles. The second-order valence-electron chi connectivity index (χ2n) is 6.56. The van der Waals surface area contributed by atoms with Gasteiger partial charge in [0.1, 0.15) is 0 Å². The van der Waals surface area contributed by atoms with Gasteiger partial charge in [-0.05, 0) is 36.1 Å². The molecule has 136 valence electrons. The molecule has 0 aromatic heterocycles. The third-order valence-electron chi connectivity index (χ3n) is 5.16. The molecule has 0 saturated heterocycles. The Balaban J connectivity index is 2.20. The van der Waals surface area contributed by atoms with Crippen LogP contribution in [-0.4, -0.2) is 20.1 Å². The molecular weight excluding hydrogens is 340 g/mol. The molecule has 0 spiro atoms. The summed E-state index contributed by atoms with van der Waals surface area (Å²) in [5.74, 6) is -0.831. The van der Waals surface area contributed by atoms with Gasteiger partial charge in [-0.2, -0.15) is 0 Å². The summed E-state index contributed by atoms with van der Waals surface area (Å²) >= 11 is 0. The maximum absolute atomic E-state index is 11.2. The summed E-state index contributed by atoms with van der Waals surface area (Å²) in [4.78, 5) is 21.1. The van der Waals surface area contributed by atoms with Crippen LogP contribution < -0.4 is 0 Å². The van der Waals surface area contributed by atoms with Crippen LogP contribution in [0.25, 0.3) is 0 Å². The fourth-order valence-electron chi connectivity index (χ4n) is 3.83. The third kappa shape index (κ3) is 2.94. The van der Waals surface area contributed by atoms with Crippen LogP contribution in [0.4, 0.5) is 11.4 Å². The average Bonchev–Trinajstić information content (AvgIpc) is 2.62. The van der Waals surface area contributed by atoms with E-state index in [-0.39, 0.29) is 11.4 Å². The number of nitrogens with zero attached hydrogens (tertiary/aromatic N) is 2. The summed E-state index contributed by atoms with van der Waals surface area (Å²) in [6.45, 7) is 0. The molecule has 0 unspecified atom stereocenters. The Bertz CT molecular complexity index is 808. The van der Waals surface area contributed by atoms with Crippen molar-refractivity contribution in [2.24, 2.45) is 0 Å². The number of nitro groups is 2. The normalized spacial score (nSPS) is 16.2. The topological polar surface area (TPSA) is 127 Å². The summed E-state index contributed by atoms with van der Waals surface area (Å²) in [6.07, 6.45) is 4.13. The molecule has 0 aliphatic heterocycles. The highest BCUT2D eigenvalue weighted by Gasteiger charge is 2.38. The van der Waals surface area contributed by atoms with E-state index in [1.807, 2.05) is 0 Å². The van der Waals surface area contributed by atoms with E-state index in [2.05, 4.69) is 0 Å². The first-order valence-corrected chi connectivity index (χ1v) is 8.31. The van der Waals surface area contributed by atoms with Crippen LogP contribution in [0.15, 0.2) is 36.4 Å². The van der Waals surface area contributed by atoms with Crippen LogP contribution >= 0.6 is 0 Å². The monoisotopic (exact) mass is 358 g/mol. The first-order chi connectivity index (χ1) is 12.3. The number of nitro benzene ring substituents is 2. The van der Waals surface area contributed by atoms with Crippen LogP contribution in [0.1, 0.15) is 43.2 Å². The molecule has 8 heteroatoms. The fourth-order valence-corrected chi connectivity index (χ4v) is 3.83. The van der Waals surface area contributed by atoms with Crippen molar-refractivity contribution < 1.29 is 20.1 Å². The van der Waals surface area contributed by atoms with E-state index in [1.54, 1.807) is 12.1 Å². The van der Waals surface area contributed by atoms with Gasteiger partial charge in [0.25, 0.3) is 0 Å². The van der Waals surface area contributed by atoms with Crippen LogP contribution in [0.5, 0.6) is 11.5 Å². The third-order valence-corrected chi connectivity index (χ3v) is 5.16. The zero-order valence-corrected chi connectivity index (χ0v) is 13.9. The van der Waals surface area contributed by atoms with E-state index in [0.29, 0.717) is 24.0 Å². The van der Waals surface area contributed by atoms with E-state index in [4.69, 9.17) is 0 Å². The SMILES string of the molecule is O=[N+]([O-])c1cc(C2(c3ccc(O)c([N+](=O)[O-])c3)CCCCC2)ccc1O. The average molecular weight is 358 g/mol. The Morgan fingerprint density at radius 3 is 1.58 bits per heavy atom. The first-order valence-electron chi connectivity index (χ1n) is 8.31. The molecule has 1 saturated carbocycles. The molecule has 26 heavy (non-hydrogen) atoms. The summed E-state index contributed by atoms with van der Waals surface area (Å²) in [5, 5.41) is 41.9. The maximum Gasteiger partial charge on any atom is 0.310 e. The Hall–Kier alpha value is -3.16. The van der Waals surface area contributed by atoms with Crippen molar-refractivity contribution in [3.05, 3.63) is 67.8 Å². The van der Waals surface area contributed by atoms with Crippen molar-refractivity contribution in [1.29, 1.82) is 0 Å². The highest BCUT2D eigenvalue weighted by molar-refractivity contribution is 5.55. The Labute approximate surface area is 149 Å². The Kier molecular flexibility index (Phi) is 4.50. The maximum atomic E-state index is 11.2. The van der Waals surface area contributed by atoms with E-state index in [9.17, 15) is 30.4 Å². The molecule has 3 rings (SSSR count).